The van der Waals surface area contributed by atoms with E-state index < -0.39 is 30.4 Å². The molecular weight excluding hydrogens is 500 g/mol. The number of aromatic hydroxyl groups is 1. The van der Waals surface area contributed by atoms with E-state index in [1.807, 2.05) is 0 Å². The zero-order valence-corrected chi connectivity index (χ0v) is 18.5. The summed E-state index contributed by atoms with van der Waals surface area (Å²) in [6.07, 6.45) is 1.78. The SMILES string of the molecule is COc1c(Br)c(O)c2c(c1Br)C=CCC(O)C(O)C(O)C=CCC(C)OC2=O. The van der Waals surface area contributed by atoms with Crippen molar-refractivity contribution in [1.82, 2.24) is 0 Å². The minimum Gasteiger partial charge on any atom is -0.506 e. The summed E-state index contributed by atoms with van der Waals surface area (Å²) in [7, 11) is 1.41. The van der Waals surface area contributed by atoms with Crippen LogP contribution in [0.2, 0.25) is 0 Å². The molecule has 1 heterocycles. The van der Waals surface area contributed by atoms with Crippen molar-refractivity contribution < 1.29 is 34.7 Å². The third-order valence-electron chi connectivity index (χ3n) is 4.27. The third kappa shape index (κ3) is 4.96. The zero-order valence-electron chi connectivity index (χ0n) is 15.3. The van der Waals surface area contributed by atoms with Crippen LogP contribution in [0, 0.1) is 0 Å². The van der Waals surface area contributed by atoms with E-state index in [-0.39, 0.29) is 34.4 Å². The van der Waals surface area contributed by atoms with E-state index >= 15 is 0 Å². The highest BCUT2D eigenvalue weighted by Gasteiger charge is 2.28. The summed E-state index contributed by atoms with van der Waals surface area (Å²) < 4.78 is 11.3. The van der Waals surface area contributed by atoms with Gasteiger partial charge in [-0.3, -0.25) is 0 Å². The Labute approximate surface area is 179 Å². The lowest BCUT2D eigenvalue weighted by Crippen LogP contribution is -2.35. The van der Waals surface area contributed by atoms with Gasteiger partial charge < -0.3 is 29.9 Å². The summed E-state index contributed by atoms with van der Waals surface area (Å²) in [4.78, 5) is 12.7. The van der Waals surface area contributed by atoms with Gasteiger partial charge in [0.1, 0.15) is 34.1 Å². The van der Waals surface area contributed by atoms with Crippen LogP contribution in [0.25, 0.3) is 6.08 Å². The number of aliphatic hydroxyl groups is 3. The van der Waals surface area contributed by atoms with Crippen LogP contribution in [0.4, 0.5) is 0 Å². The van der Waals surface area contributed by atoms with Gasteiger partial charge in [0.25, 0.3) is 0 Å². The smallest absolute Gasteiger partial charge is 0.342 e. The Hall–Kier alpha value is -1.39. The predicted molar refractivity (Wildman–Crippen MR) is 110 cm³/mol. The Bertz CT molecular complexity index is 791. The molecule has 28 heavy (non-hydrogen) atoms. The maximum atomic E-state index is 12.7. The fourth-order valence-electron chi connectivity index (χ4n) is 2.72. The number of carbonyl (C=O) groups excluding carboxylic acids is 1. The van der Waals surface area contributed by atoms with Gasteiger partial charge in [-0.05, 0) is 45.2 Å². The first-order valence-corrected chi connectivity index (χ1v) is 10.1. The second-order valence-corrected chi connectivity index (χ2v) is 7.95. The van der Waals surface area contributed by atoms with Gasteiger partial charge in [0.15, 0.2) is 5.75 Å². The van der Waals surface area contributed by atoms with Crippen molar-refractivity contribution >= 4 is 43.9 Å². The molecule has 1 aromatic rings. The number of cyclic esters (lactones) is 1. The number of benzene rings is 1. The van der Waals surface area contributed by atoms with Gasteiger partial charge in [-0.15, -0.1) is 0 Å². The Morgan fingerprint density at radius 1 is 1.14 bits per heavy atom. The first-order chi connectivity index (χ1) is 13.2. The van der Waals surface area contributed by atoms with E-state index in [0.717, 1.165) is 0 Å². The van der Waals surface area contributed by atoms with Crippen LogP contribution < -0.4 is 4.74 Å². The summed E-state index contributed by atoms with van der Waals surface area (Å²) in [5.74, 6) is -0.794. The summed E-state index contributed by atoms with van der Waals surface area (Å²) in [6, 6.07) is 0. The van der Waals surface area contributed by atoms with Crippen molar-refractivity contribution in [3.63, 3.8) is 0 Å². The van der Waals surface area contributed by atoms with E-state index in [9.17, 15) is 25.2 Å². The molecular formula is C19H22Br2O7. The number of methoxy groups -OCH3 is 1. The van der Waals surface area contributed by atoms with E-state index in [1.165, 1.54) is 25.3 Å². The van der Waals surface area contributed by atoms with E-state index in [1.54, 1.807) is 13.0 Å². The van der Waals surface area contributed by atoms with Gasteiger partial charge in [0.2, 0.25) is 0 Å². The Morgan fingerprint density at radius 3 is 2.46 bits per heavy atom. The summed E-state index contributed by atoms with van der Waals surface area (Å²) >= 11 is 6.59. The monoisotopic (exact) mass is 520 g/mol. The third-order valence-corrected chi connectivity index (χ3v) is 5.80. The predicted octanol–water partition coefficient (Wildman–Crippen LogP) is 2.92. The fraction of sp³-hybridized carbons (Fsp3) is 0.421. The largest absolute Gasteiger partial charge is 0.506 e. The van der Waals surface area contributed by atoms with Crippen LogP contribution in [0.5, 0.6) is 11.5 Å². The van der Waals surface area contributed by atoms with Gasteiger partial charge in [0, 0.05) is 12.0 Å². The lowest BCUT2D eigenvalue weighted by Gasteiger charge is -2.21. The van der Waals surface area contributed by atoms with Gasteiger partial charge in [0.05, 0.1) is 17.7 Å². The molecule has 1 aliphatic heterocycles. The number of phenols is 1. The molecule has 4 N–H and O–H groups in total. The van der Waals surface area contributed by atoms with Crippen LogP contribution in [-0.4, -0.2) is 57.9 Å². The number of carbonyl (C=O) groups is 1. The molecule has 4 atom stereocenters. The fourth-order valence-corrected chi connectivity index (χ4v) is 4.24. The second-order valence-electron chi connectivity index (χ2n) is 6.36. The Balaban J connectivity index is 2.59. The average Bonchev–Trinajstić information content (AvgIpc) is 2.64. The van der Waals surface area contributed by atoms with Crippen LogP contribution in [-0.2, 0) is 4.74 Å². The molecule has 1 aliphatic rings. The van der Waals surface area contributed by atoms with Gasteiger partial charge in [-0.1, -0.05) is 24.3 Å². The van der Waals surface area contributed by atoms with Crippen molar-refractivity contribution in [1.29, 1.82) is 0 Å². The summed E-state index contributed by atoms with van der Waals surface area (Å²) in [6.45, 7) is 1.66. The number of phenolic OH excluding ortho intramolecular Hbond substituents is 1. The highest BCUT2D eigenvalue weighted by molar-refractivity contribution is 9.11. The first-order valence-electron chi connectivity index (χ1n) is 8.55. The molecule has 0 saturated heterocycles. The van der Waals surface area contributed by atoms with Crippen LogP contribution in [0.15, 0.2) is 27.2 Å². The normalized spacial score (nSPS) is 26.3. The molecule has 7 nitrogen and oxygen atoms in total. The van der Waals surface area contributed by atoms with Gasteiger partial charge in [-0.25, -0.2) is 4.79 Å². The Kier molecular flexibility index (Phi) is 8.08. The molecule has 0 bridgehead atoms. The molecule has 0 radical (unpaired) electrons. The number of hydrogen-bond acceptors (Lipinski definition) is 7. The van der Waals surface area contributed by atoms with Crippen LogP contribution in [0.3, 0.4) is 0 Å². The highest BCUT2D eigenvalue weighted by Crippen LogP contribution is 2.46. The number of hydrogen-bond donors (Lipinski definition) is 4. The minimum atomic E-state index is -1.38. The molecule has 0 aliphatic carbocycles. The molecule has 0 amide bonds. The molecule has 154 valence electrons. The first kappa shape index (κ1) is 22.9. The van der Waals surface area contributed by atoms with E-state index in [2.05, 4.69) is 31.9 Å². The summed E-state index contributed by atoms with van der Waals surface area (Å²) in [5, 5.41) is 40.6. The van der Waals surface area contributed by atoms with Crippen LogP contribution >= 0.6 is 31.9 Å². The van der Waals surface area contributed by atoms with Crippen molar-refractivity contribution in [3.8, 4) is 11.5 Å². The molecule has 0 fully saturated rings. The standard InChI is InChI=1S/C19H22Br2O7/c1-9-5-3-7-11(22)16(24)12(23)8-4-6-10-13(19(26)28-9)17(25)15(21)18(27-2)14(10)20/h3-4,6-7,9,11-12,16,22-25H,5,8H2,1-2H3. The van der Waals surface area contributed by atoms with E-state index in [4.69, 9.17) is 9.47 Å². The molecule has 2 rings (SSSR count). The van der Waals surface area contributed by atoms with Gasteiger partial charge in [-0.2, -0.15) is 0 Å². The number of aliphatic hydroxyl groups excluding tert-OH is 3. The average molecular weight is 522 g/mol. The lowest BCUT2D eigenvalue weighted by molar-refractivity contribution is -0.0394. The molecule has 4 unspecified atom stereocenters. The van der Waals surface area contributed by atoms with Crippen molar-refractivity contribution in [2.45, 2.75) is 44.2 Å². The second kappa shape index (κ2) is 9.89. The summed E-state index contributed by atoms with van der Waals surface area (Å²) in [5.41, 5.74) is 0.225. The molecule has 0 saturated carbocycles. The quantitative estimate of drug-likeness (QED) is 0.331. The molecule has 1 aromatic carbocycles. The lowest BCUT2D eigenvalue weighted by atomic mass is 10.0. The molecule has 0 aromatic heterocycles. The van der Waals surface area contributed by atoms with Crippen molar-refractivity contribution in [2.24, 2.45) is 0 Å². The number of halogens is 2. The zero-order chi connectivity index (χ0) is 21.0. The number of esters is 1. The number of rotatable bonds is 1. The van der Waals surface area contributed by atoms with E-state index in [0.29, 0.717) is 10.0 Å². The Morgan fingerprint density at radius 2 is 1.82 bits per heavy atom. The van der Waals surface area contributed by atoms with Gasteiger partial charge >= 0.3 is 5.97 Å². The maximum Gasteiger partial charge on any atom is 0.342 e. The minimum absolute atomic E-state index is 0.00252. The highest BCUT2D eigenvalue weighted by atomic mass is 79.9. The van der Waals surface area contributed by atoms with Crippen LogP contribution in [0.1, 0.15) is 35.7 Å². The van der Waals surface area contributed by atoms with Crippen molar-refractivity contribution in [3.05, 3.63) is 38.3 Å². The number of ether oxygens (including phenoxy) is 2. The molecule has 0 spiro atoms. The molecule has 9 heteroatoms. The van der Waals surface area contributed by atoms with Crippen molar-refractivity contribution in [2.75, 3.05) is 7.11 Å². The topological polar surface area (TPSA) is 116 Å². The maximum absolute atomic E-state index is 12.7. The number of fused-ring (bicyclic) bond motifs is 1.